The van der Waals surface area contributed by atoms with Crippen LogP contribution in [0, 0.1) is 11.3 Å². The van der Waals surface area contributed by atoms with Gasteiger partial charge in [0.25, 0.3) is 0 Å². The molecule has 3 aromatic rings. The van der Waals surface area contributed by atoms with Crippen LogP contribution in [0.15, 0.2) is 60.7 Å². The van der Waals surface area contributed by atoms with Crippen LogP contribution in [0.1, 0.15) is 56.1 Å². The lowest BCUT2D eigenvalue weighted by molar-refractivity contribution is -0.138. The van der Waals surface area contributed by atoms with Gasteiger partial charge >= 0.3 is 0 Å². The Hall–Kier alpha value is -4.39. The summed E-state index contributed by atoms with van der Waals surface area (Å²) in [6, 6.07) is 16.1. The minimum Gasteiger partial charge on any atom is -0.338 e. The molecule has 1 aromatic heterocycles. The van der Waals surface area contributed by atoms with Crippen molar-refractivity contribution in [2.45, 2.75) is 68.4 Å². The molecule has 3 aliphatic rings. The van der Waals surface area contributed by atoms with Crippen molar-refractivity contribution in [3.63, 3.8) is 0 Å². The van der Waals surface area contributed by atoms with Crippen LogP contribution < -0.4 is 10.6 Å². The molecule has 0 bridgehead atoms. The first-order chi connectivity index (χ1) is 19.2. The predicted molar refractivity (Wildman–Crippen MR) is 143 cm³/mol. The third-order valence-corrected chi connectivity index (χ3v) is 8.23. The van der Waals surface area contributed by atoms with Crippen molar-refractivity contribution in [1.82, 2.24) is 25.4 Å². The molecule has 3 aliphatic carbocycles. The standard InChI is InChI=1S/C30H28F2N6O2/c31-30(32)12-10-29(11-13-30,27(40)37-28(17-33)8-9-28)36-26(39)24-7-6-22-14-21(4-5-23(22)15-24)20-2-1-3-25(16-20)38-19-34-18-35-38/h1-5,14-16,18-19H,6-13H2,(H,36,39)(H,37,40). The highest BCUT2D eigenvalue weighted by atomic mass is 19.3. The summed E-state index contributed by atoms with van der Waals surface area (Å²) < 4.78 is 29.7. The Labute approximate surface area is 230 Å². The van der Waals surface area contributed by atoms with Gasteiger partial charge in [0.05, 0.1) is 11.8 Å². The Morgan fingerprint density at radius 2 is 1.73 bits per heavy atom. The lowest BCUT2D eigenvalue weighted by atomic mass is 9.78. The summed E-state index contributed by atoms with van der Waals surface area (Å²) in [6.07, 6.45) is 5.70. The van der Waals surface area contributed by atoms with Gasteiger partial charge < -0.3 is 10.6 Å². The maximum atomic E-state index is 14.0. The zero-order chi connectivity index (χ0) is 28.0. The van der Waals surface area contributed by atoms with E-state index in [9.17, 15) is 23.6 Å². The number of amides is 2. The number of hydrogen-bond acceptors (Lipinski definition) is 5. The van der Waals surface area contributed by atoms with E-state index in [1.165, 1.54) is 6.33 Å². The Morgan fingerprint density at radius 1 is 0.950 bits per heavy atom. The van der Waals surface area contributed by atoms with E-state index >= 15 is 0 Å². The summed E-state index contributed by atoms with van der Waals surface area (Å²) in [5.74, 6) is -3.86. The SMILES string of the molecule is N#CC1(NC(=O)C2(NC(=O)C3=Cc4ccc(-c5cccc(-n6cncn6)c5)cc4CC3)CCC(F)(F)CC2)CC1. The van der Waals surface area contributed by atoms with Crippen LogP contribution in [-0.2, 0) is 16.0 Å². The second-order valence-electron chi connectivity index (χ2n) is 11.0. The first kappa shape index (κ1) is 25.9. The summed E-state index contributed by atoms with van der Waals surface area (Å²) in [5, 5.41) is 19.2. The number of aryl methyl sites for hydroxylation is 1. The number of hydrogen-bond donors (Lipinski definition) is 2. The number of aromatic nitrogens is 3. The van der Waals surface area contributed by atoms with Crippen molar-refractivity contribution in [3.8, 4) is 22.9 Å². The molecule has 10 heteroatoms. The molecule has 0 saturated heterocycles. The summed E-state index contributed by atoms with van der Waals surface area (Å²) in [7, 11) is 0. The van der Waals surface area contributed by atoms with Crippen LogP contribution in [0.25, 0.3) is 22.9 Å². The highest BCUT2D eigenvalue weighted by Crippen LogP contribution is 2.41. The third-order valence-electron chi connectivity index (χ3n) is 8.23. The van der Waals surface area contributed by atoms with Crippen molar-refractivity contribution in [3.05, 3.63) is 71.8 Å². The molecule has 40 heavy (non-hydrogen) atoms. The average Bonchev–Trinajstić information content (AvgIpc) is 3.51. The van der Waals surface area contributed by atoms with E-state index < -0.39 is 41.7 Å². The Bertz CT molecular complexity index is 1540. The monoisotopic (exact) mass is 542 g/mol. The second-order valence-corrected chi connectivity index (χ2v) is 11.0. The van der Waals surface area contributed by atoms with Crippen molar-refractivity contribution in [2.24, 2.45) is 0 Å². The molecule has 6 rings (SSSR count). The van der Waals surface area contributed by atoms with Gasteiger partial charge in [-0.1, -0.05) is 30.3 Å². The lowest BCUT2D eigenvalue weighted by Crippen LogP contribution is -2.63. The van der Waals surface area contributed by atoms with Gasteiger partial charge in [-0.2, -0.15) is 10.4 Å². The number of carbonyl (C=O) groups is 2. The normalized spacial score (nSPS) is 19.9. The van der Waals surface area contributed by atoms with Crippen molar-refractivity contribution >= 4 is 17.9 Å². The van der Waals surface area contributed by atoms with E-state index in [4.69, 9.17) is 0 Å². The molecular weight excluding hydrogens is 514 g/mol. The molecule has 0 atom stereocenters. The Morgan fingerprint density at radius 3 is 2.42 bits per heavy atom. The van der Waals surface area contributed by atoms with Gasteiger partial charge in [-0.25, -0.2) is 18.4 Å². The number of halogens is 2. The minimum absolute atomic E-state index is 0.181. The van der Waals surface area contributed by atoms with E-state index in [0.717, 1.165) is 27.9 Å². The number of fused-ring (bicyclic) bond motifs is 1. The van der Waals surface area contributed by atoms with Crippen LogP contribution in [0.5, 0.6) is 0 Å². The van der Waals surface area contributed by atoms with Crippen molar-refractivity contribution < 1.29 is 18.4 Å². The molecule has 0 spiro atoms. The molecule has 0 radical (unpaired) electrons. The number of nitriles is 1. The van der Waals surface area contributed by atoms with E-state index in [2.05, 4.69) is 32.9 Å². The fraction of sp³-hybridized carbons (Fsp3) is 0.367. The Balaban J connectivity index is 1.22. The molecule has 2 N–H and O–H groups in total. The molecule has 2 fully saturated rings. The van der Waals surface area contributed by atoms with Gasteiger partial charge in [-0.15, -0.1) is 0 Å². The number of nitrogens with one attached hydrogen (secondary N) is 2. The molecule has 2 aromatic carbocycles. The van der Waals surface area contributed by atoms with Gasteiger partial charge in [-0.3, -0.25) is 9.59 Å². The maximum absolute atomic E-state index is 14.0. The molecule has 204 valence electrons. The van der Waals surface area contributed by atoms with Gasteiger partial charge in [-0.05, 0) is 79.0 Å². The summed E-state index contributed by atoms with van der Waals surface area (Å²) >= 11 is 0. The number of alkyl halides is 2. The molecule has 2 amide bonds. The van der Waals surface area contributed by atoms with Gasteiger partial charge in [0.2, 0.25) is 17.7 Å². The molecule has 8 nitrogen and oxygen atoms in total. The molecule has 0 aliphatic heterocycles. The fourth-order valence-corrected chi connectivity index (χ4v) is 5.50. The van der Waals surface area contributed by atoms with Crippen molar-refractivity contribution in [2.75, 3.05) is 0 Å². The van der Waals surface area contributed by atoms with Crippen LogP contribution in [0.2, 0.25) is 0 Å². The van der Waals surface area contributed by atoms with E-state index in [1.54, 1.807) is 11.0 Å². The Kier molecular flexibility index (Phi) is 6.25. The minimum atomic E-state index is -2.88. The van der Waals surface area contributed by atoms with Crippen LogP contribution in [0.3, 0.4) is 0 Å². The van der Waals surface area contributed by atoms with Crippen molar-refractivity contribution in [1.29, 1.82) is 5.26 Å². The first-order valence-corrected chi connectivity index (χ1v) is 13.4. The largest absolute Gasteiger partial charge is 0.338 e. The predicted octanol–water partition coefficient (Wildman–Crippen LogP) is 4.50. The smallest absolute Gasteiger partial charge is 0.248 e. The molecule has 2 saturated carbocycles. The van der Waals surface area contributed by atoms with Crippen LogP contribution in [0.4, 0.5) is 8.78 Å². The van der Waals surface area contributed by atoms with E-state index in [1.807, 2.05) is 42.5 Å². The van der Waals surface area contributed by atoms with Gasteiger partial charge in [0.15, 0.2) is 0 Å². The lowest BCUT2D eigenvalue weighted by Gasteiger charge is -2.40. The number of benzene rings is 2. The average molecular weight is 543 g/mol. The first-order valence-electron chi connectivity index (χ1n) is 13.4. The molecule has 1 heterocycles. The third kappa shape index (κ3) is 4.99. The zero-order valence-corrected chi connectivity index (χ0v) is 21.8. The summed E-state index contributed by atoms with van der Waals surface area (Å²) in [6.45, 7) is 0. The zero-order valence-electron chi connectivity index (χ0n) is 21.8. The highest BCUT2D eigenvalue weighted by Gasteiger charge is 2.53. The van der Waals surface area contributed by atoms with Gasteiger partial charge in [0, 0.05) is 18.4 Å². The summed E-state index contributed by atoms with van der Waals surface area (Å²) in [4.78, 5) is 30.7. The number of rotatable bonds is 6. The molecular formula is C30H28F2N6O2. The van der Waals surface area contributed by atoms with E-state index in [0.29, 0.717) is 31.3 Å². The second kappa shape index (κ2) is 9.66. The summed E-state index contributed by atoms with van der Waals surface area (Å²) in [5.41, 5.74) is 3.03. The quantitative estimate of drug-likeness (QED) is 0.476. The highest BCUT2D eigenvalue weighted by molar-refractivity contribution is 6.02. The number of nitrogens with zero attached hydrogens (tertiary/aromatic N) is 4. The molecule has 0 unspecified atom stereocenters. The topological polar surface area (TPSA) is 113 Å². The van der Waals surface area contributed by atoms with E-state index in [-0.39, 0.29) is 12.8 Å². The van der Waals surface area contributed by atoms with Gasteiger partial charge in [0.1, 0.15) is 23.7 Å². The van der Waals surface area contributed by atoms with Crippen LogP contribution in [-0.4, -0.2) is 43.6 Å². The maximum Gasteiger partial charge on any atom is 0.248 e. The number of carbonyl (C=O) groups excluding carboxylic acids is 2. The van der Waals surface area contributed by atoms with Crippen LogP contribution >= 0.6 is 0 Å². The fourth-order valence-electron chi connectivity index (χ4n) is 5.50.